The van der Waals surface area contributed by atoms with Crippen LogP contribution in [-0.4, -0.2) is 32.3 Å². The number of aryl methyl sites for hydroxylation is 1. The lowest BCUT2D eigenvalue weighted by atomic mass is 10.0. The van der Waals surface area contributed by atoms with Gasteiger partial charge in [0.15, 0.2) is 0 Å². The highest BCUT2D eigenvalue weighted by Crippen LogP contribution is 2.20. The lowest BCUT2D eigenvalue weighted by Crippen LogP contribution is -2.39. The standard InChI is InChI=1S/C18H19N5O2/c19-18-21-15-10-23(8-7-13(15)17(25)22-18)16(24)6-5-11-9-20-14-4-2-1-3-12(11)14/h1-4,9,20H,5-8,10H2,(H3,19,21,22,25). The van der Waals surface area contributed by atoms with Crippen LogP contribution >= 0.6 is 0 Å². The van der Waals surface area contributed by atoms with Crippen molar-refractivity contribution in [2.24, 2.45) is 0 Å². The minimum Gasteiger partial charge on any atom is -0.369 e. The summed E-state index contributed by atoms with van der Waals surface area (Å²) in [6.07, 6.45) is 3.58. The Kier molecular flexibility index (Phi) is 3.76. The Morgan fingerprint density at radius 1 is 1.32 bits per heavy atom. The Balaban J connectivity index is 1.46. The van der Waals surface area contributed by atoms with Crippen molar-refractivity contribution in [1.29, 1.82) is 0 Å². The SMILES string of the molecule is Nc1nc2c(c(=O)[nH]1)CCN(C(=O)CCc1c[nH]c3ccccc13)C2. The van der Waals surface area contributed by atoms with E-state index in [1.165, 1.54) is 0 Å². The van der Waals surface area contributed by atoms with Crippen molar-refractivity contribution >= 4 is 22.8 Å². The fraction of sp³-hybridized carbons (Fsp3) is 0.278. The maximum Gasteiger partial charge on any atom is 0.255 e. The second-order valence-corrected chi connectivity index (χ2v) is 6.30. The Hall–Kier alpha value is -3.09. The average molecular weight is 337 g/mol. The predicted octanol–water partition coefficient (Wildman–Crippen LogP) is 1.35. The number of fused-ring (bicyclic) bond motifs is 2. The third kappa shape index (κ3) is 2.88. The van der Waals surface area contributed by atoms with Gasteiger partial charge in [0.1, 0.15) is 0 Å². The third-order valence-electron chi connectivity index (χ3n) is 4.73. The number of carbonyl (C=O) groups excluding carboxylic acids is 1. The minimum atomic E-state index is -0.201. The molecule has 0 saturated carbocycles. The van der Waals surface area contributed by atoms with Gasteiger partial charge in [0, 0.05) is 35.6 Å². The number of nitrogens with two attached hydrogens (primary N) is 1. The maximum atomic E-state index is 12.6. The normalized spacial score (nSPS) is 13.8. The van der Waals surface area contributed by atoms with Gasteiger partial charge in [0.25, 0.3) is 5.56 Å². The summed E-state index contributed by atoms with van der Waals surface area (Å²) in [7, 11) is 0. The van der Waals surface area contributed by atoms with Crippen molar-refractivity contribution in [3.8, 4) is 0 Å². The summed E-state index contributed by atoms with van der Waals surface area (Å²) < 4.78 is 0. The Morgan fingerprint density at radius 2 is 2.16 bits per heavy atom. The highest BCUT2D eigenvalue weighted by atomic mass is 16.2. The van der Waals surface area contributed by atoms with E-state index in [0.29, 0.717) is 43.6 Å². The topological polar surface area (TPSA) is 108 Å². The Labute approximate surface area is 143 Å². The van der Waals surface area contributed by atoms with E-state index in [9.17, 15) is 9.59 Å². The molecule has 3 aromatic rings. The highest BCUT2D eigenvalue weighted by molar-refractivity contribution is 5.84. The van der Waals surface area contributed by atoms with Crippen LogP contribution in [0.4, 0.5) is 5.95 Å². The summed E-state index contributed by atoms with van der Waals surface area (Å²) in [5.74, 6) is 0.161. The van der Waals surface area contributed by atoms with E-state index in [1.54, 1.807) is 4.90 Å². The van der Waals surface area contributed by atoms with E-state index < -0.39 is 0 Å². The number of para-hydroxylation sites is 1. The molecule has 1 amide bonds. The van der Waals surface area contributed by atoms with Crippen molar-refractivity contribution in [2.45, 2.75) is 25.8 Å². The molecule has 1 aromatic carbocycles. The van der Waals surface area contributed by atoms with Crippen LogP contribution in [0.5, 0.6) is 0 Å². The van der Waals surface area contributed by atoms with Gasteiger partial charge >= 0.3 is 0 Å². The molecule has 1 aliphatic heterocycles. The lowest BCUT2D eigenvalue weighted by molar-refractivity contribution is -0.132. The second kappa shape index (κ2) is 6.08. The van der Waals surface area contributed by atoms with Crippen LogP contribution in [0.1, 0.15) is 23.2 Å². The van der Waals surface area contributed by atoms with Gasteiger partial charge in [-0.05, 0) is 24.5 Å². The van der Waals surface area contributed by atoms with Crippen LogP contribution in [-0.2, 0) is 24.2 Å². The summed E-state index contributed by atoms with van der Waals surface area (Å²) >= 11 is 0. The molecule has 128 valence electrons. The number of hydrogen-bond donors (Lipinski definition) is 3. The van der Waals surface area contributed by atoms with E-state index in [1.807, 2.05) is 24.4 Å². The molecule has 0 bridgehead atoms. The number of carbonyl (C=O) groups is 1. The molecule has 0 atom stereocenters. The van der Waals surface area contributed by atoms with Gasteiger partial charge in [-0.25, -0.2) is 4.98 Å². The molecule has 0 fully saturated rings. The van der Waals surface area contributed by atoms with Gasteiger partial charge in [-0.15, -0.1) is 0 Å². The number of nitrogens with one attached hydrogen (secondary N) is 2. The van der Waals surface area contributed by atoms with Crippen molar-refractivity contribution < 1.29 is 4.79 Å². The number of amides is 1. The fourth-order valence-corrected chi connectivity index (χ4v) is 3.41. The largest absolute Gasteiger partial charge is 0.369 e. The molecule has 1 aliphatic rings. The molecule has 0 saturated heterocycles. The van der Waals surface area contributed by atoms with Crippen LogP contribution in [0.2, 0.25) is 0 Å². The maximum absolute atomic E-state index is 12.6. The lowest BCUT2D eigenvalue weighted by Gasteiger charge is -2.27. The van der Waals surface area contributed by atoms with Gasteiger partial charge < -0.3 is 15.6 Å². The number of aromatic amines is 2. The van der Waals surface area contributed by atoms with E-state index in [0.717, 1.165) is 16.5 Å². The molecular formula is C18H19N5O2. The molecule has 0 unspecified atom stereocenters. The summed E-state index contributed by atoms with van der Waals surface area (Å²) in [6, 6.07) is 8.06. The van der Waals surface area contributed by atoms with Crippen molar-refractivity contribution in [2.75, 3.05) is 12.3 Å². The Bertz CT molecular complexity index is 1000. The molecule has 4 rings (SSSR count). The first kappa shape index (κ1) is 15.4. The number of hydrogen-bond acceptors (Lipinski definition) is 4. The molecule has 4 N–H and O–H groups in total. The Morgan fingerprint density at radius 3 is 3.04 bits per heavy atom. The predicted molar refractivity (Wildman–Crippen MR) is 95.0 cm³/mol. The zero-order valence-electron chi connectivity index (χ0n) is 13.7. The summed E-state index contributed by atoms with van der Waals surface area (Å²) in [5.41, 5.74) is 8.86. The molecule has 0 radical (unpaired) electrons. The van der Waals surface area contributed by atoms with E-state index in [4.69, 9.17) is 5.73 Å². The van der Waals surface area contributed by atoms with Crippen molar-refractivity contribution in [1.82, 2.24) is 19.9 Å². The molecule has 0 spiro atoms. The first-order valence-corrected chi connectivity index (χ1v) is 8.32. The van der Waals surface area contributed by atoms with Crippen molar-refractivity contribution in [3.63, 3.8) is 0 Å². The smallest absolute Gasteiger partial charge is 0.255 e. The van der Waals surface area contributed by atoms with Gasteiger partial charge in [0.05, 0.1) is 12.2 Å². The van der Waals surface area contributed by atoms with Gasteiger partial charge in [-0.1, -0.05) is 18.2 Å². The number of benzene rings is 1. The van der Waals surface area contributed by atoms with Crippen LogP contribution in [0.3, 0.4) is 0 Å². The number of H-pyrrole nitrogens is 2. The quantitative estimate of drug-likeness (QED) is 0.670. The third-order valence-corrected chi connectivity index (χ3v) is 4.73. The first-order valence-electron chi connectivity index (χ1n) is 8.32. The van der Waals surface area contributed by atoms with E-state index >= 15 is 0 Å². The number of rotatable bonds is 3. The molecule has 25 heavy (non-hydrogen) atoms. The monoisotopic (exact) mass is 337 g/mol. The summed E-state index contributed by atoms with van der Waals surface area (Å²) in [5, 5.41) is 1.15. The molecule has 0 aliphatic carbocycles. The molecular weight excluding hydrogens is 318 g/mol. The summed E-state index contributed by atoms with van der Waals surface area (Å²) in [4.78, 5) is 36.1. The minimum absolute atomic E-state index is 0.0663. The highest BCUT2D eigenvalue weighted by Gasteiger charge is 2.24. The van der Waals surface area contributed by atoms with Crippen LogP contribution in [0.25, 0.3) is 10.9 Å². The zero-order valence-corrected chi connectivity index (χ0v) is 13.7. The van der Waals surface area contributed by atoms with Gasteiger partial charge in [-0.3, -0.25) is 14.6 Å². The van der Waals surface area contributed by atoms with Crippen LogP contribution in [0, 0.1) is 0 Å². The molecule has 7 heteroatoms. The first-order chi connectivity index (χ1) is 12.1. The average Bonchev–Trinajstić information content (AvgIpc) is 3.02. The second-order valence-electron chi connectivity index (χ2n) is 6.30. The molecule has 2 aromatic heterocycles. The molecule has 7 nitrogen and oxygen atoms in total. The number of nitrogen functional groups attached to an aromatic ring is 1. The number of aromatic nitrogens is 3. The van der Waals surface area contributed by atoms with Crippen molar-refractivity contribution in [3.05, 3.63) is 57.6 Å². The molecule has 3 heterocycles. The van der Waals surface area contributed by atoms with Crippen LogP contribution in [0.15, 0.2) is 35.3 Å². The number of nitrogens with zero attached hydrogens (tertiary/aromatic N) is 2. The van der Waals surface area contributed by atoms with E-state index in [-0.39, 0.29) is 17.4 Å². The zero-order chi connectivity index (χ0) is 17.4. The number of anilines is 1. The van der Waals surface area contributed by atoms with Crippen LogP contribution < -0.4 is 11.3 Å². The summed E-state index contributed by atoms with van der Waals surface area (Å²) in [6.45, 7) is 0.880. The van der Waals surface area contributed by atoms with E-state index in [2.05, 4.69) is 21.0 Å². The van der Waals surface area contributed by atoms with Gasteiger partial charge in [0.2, 0.25) is 11.9 Å². The van der Waals surface area contributed by atoms with Gasteiger partial charge in [-0.2, -0.15) is 0 Å². The fourth-order valence-electron chi connectivity index (χ4n) is 3.41.